The van der Waals surface area contributed by atoms with Gasteiger partial charge in [-0.15, -0.1) is 0 Å². The molecule has 21 heavy (non-hydrogen) atoms. The number of aromatic nitrogens is 2. The highest BCUT2D eigenvalue weighted by atomic mass is 19.1. The quantitative estimate of drug-likeness (QED) is 0.820. The average molecular weight is 288 g/mol. The van der Waals surface area contributed by atoms with Crippen LogP contribution in [-0.4, -0.2) is 23.1 Å². The van der Waals surface area contributed by atoms with Gasteiger partial charge in [0, 0.05) is 19.3 Å². The molecule has 0 aliphatic heterocycles. The summed E-state index contributed by atoms with van der Waals surface area (Å²) in [7, 11) is 0. The third kappa shape index (κ3) is 5.38. The normalized spacial score (nSPS) is 10.7. The number of benzene rings is 1. The number of anilines is 2. The molecule has 2 rings (SSSR count). The topological polar surface area (TPSA) is 49.8 Å². The lowest BCUT2D eigenvalue weighted by Gasteiger charge is -2.09. The van der Waals surface area contributed by atoms with Crippen molar-refractivity contribution in [2.24, 2.45) is 5.92 Å². The van der Waals surface area contributed by atoms with Gasteiger partial charge in [-0.1, -0.05) is 26.0 Å². The van der Waals surface area contributed by atoms with Crippen molar-refractivity contribution in [2.75, 3.05) is 23.7 Å². The van der Waals surface area contributed by atoms with E-state index in [0.29, 0.717) is 11.9 Å². The summed E-state index contributed by atoms with van der Waals surface area (Å²) in [6.45, 7) is 5.86. The molecule has 0 saturated carbocycles. The second kappa shape index (κ2) is 7.57. The maximum atomic E-state index is 12.8. The summed E-state index contributed by atoms with van der Waals surface area (Å²) in [6.07, 6.45) is 2.55. The minimum atomic E-state index is -0.205. The largest absolute Gasteiger partial charge is 0.370 e. The summed E-state index contributed by atoms with van der Waals surface area (Å²) in [6, 6.07) is 8.40. The lowest BCUT2D eigenvalue weighted by molar-refractivity contribution is 0.627. The Hall–Kier alpha value is -2.17. The molecule has 0 radical (unpaired) electrons. The first-order valence-corrected chi connectivity index (χ1v) is 7.18. The van der Waals surface area contributed by atoms with E-state index in [9.17, 15) is 4.39 Å². The molecule has 0 spiro atoms. The number of hydrogen-bond acceptors (Lipinski definition) is 4. The summed E-state index contributed by atoms with van der Waals surface area (Å²) >= 11 is 0. The molecule has 0 aliphatic carbocycles. The molecule has 2 aromatic rings. The third-order valence-corrected chi connectivity index (χ3v) is 2.96. The third-order valence-electron chi connectivity index (χ3n) is 2.96. The summed E-state index contributed by atoms with van der Waals surface area (Å²) < 4.78 is 12.8. The minimum absolute atomic E-state index is 0.205. The molecule has 2 N–H and O–H groups in total. The van der Waals surface area contributed by atoms with Crippen LogP contribution in [-0.2, 0) is 6.42 Å². The molecule has 4 nitrogen and oxygen atoms in total. The van der Waals surface area contributed by atoms with Crippen molar-refractivity contribution in [3.63, 3.8) is 0 Å². The lowest BCUT2D eigenvalue weighted by atomic mass is 10.1. The Balaban J connectivity index is 1.82. The standard InChI is InChI=1S/C16H21FN4/c1-12(2)11-20-16-19-10-8-15(21-16)18-9-7-13-3-5-14(17)6-4-13/h3-6,8,10,12H,7,9,11H2,1-2H3,(H2,18,19,20,21). The van der Waals surface area contributed by atoms with Gasteiger partial charge in [0.25, 0.3) is 0 Å². The Kier molecular flexibility index (Phi) is 5.49. The summed E-state index contributed by atoms with van der Waals surface area (Å²) in [5, 5.41) is 6.45. The number of rotatable bonds is 7. The second-order valence-electron chi connectivity index (χ2n) is 5.34. The molecule has 0 amide bonds. The van der Waals surface area contributed by atoms with Gasteiger partial charge in [-0.05, 0) is 36.1 Å². The van der Waals surface area contributed by atoms with Gasteiger partial charge < -0.3 is 10.6 Å². The van der Waals surface area contributed by atoms with Gasteiger partial charge in [0.05, 0.1) is 0 Å². The van der Waals surface area contributed by atoms with Gasteiger partial charge in [0.15, 0.2) is 0 Å². The van der Waals surface area contributed by atoms with Crippen molar-refractivity contribution in [1.29, 1.82) is 0 Å². The molecule has 0 unspecified atom stereocenters. The minimum Gasteiger partial charge on any atom is -0.370 e. The molecule has 0 aliphatic rings. The van der Waals surface area contributed by atoms with Gasteiger partial charge in [-0.3, -0.25) is 0 Å². The van der Waals surface area contributed by atoms with Gasteiger partial charge in [0.2, 0.25) is 5.95 Å². The van der Waals surface area contributed by atoms with Gasteiger partial charge in [-0.2, -0.15) is 4.98 Å². The fourth-order valence-corrected chi connectivity index (χ4v) is 1.82. The first-order chi connectivity index (χ1) is 10.1. The van der Waals surface area contributed by atoms with Crippen LogP contribution in [0.2, 0.25) is 0 Å². The zero-order valence-corrected chi connectivity index (χ0v) is 12.4. The molecule has 1 aromatic carbocycles. The first kappa shape index (κ1) is 15.2. The molecule has 1 heterocycles. The molecule has 0 bridgehead atoms. The fraction of sp³-hybridized carbons (Fsp3) is 0.375. The number of nitrogens with one attached hydrogen (secondary N) is 2. The molecule has 0 fully saturated rings. The van der Waals surface area contributed by atoms with Crippen LogP contribution < -0.4 is 10.6 Å². The Labute approximate surface area is 124 Å². The number of nitrogens with zero attached hydrogens (tertiary/aromatic N) is 2. The Morgan fingerprint density at radius 1 is 1.10 bits per heavy atom. The molecule has 1 aromatic heterocycles. The van der Waals surface area contributed by atoms with Crippen molar-refractivity contribution in [3.8, 4) is 0 Å². The molecule has 0 atom stereocenters. The zero-order chi connectivity index (χ0) is 15.1. The smallest absolute Gasteiger partial charge is 0.224 e. The van der Waals surface area contributed by atoms with E-state index in [0.717, 1.165) is 30.9 Å². The van der Waals surface area contributed by atoms with Crippen LogP contribution in [0.25, 0.3) is 0 Å². The Morgan fingerprint density at radius 2 is 1.86 bits per heavy atom. The van der Waals surface area contributed by atoms with E-state index in [-0.39, 0.29) is 5.82 Å². The molecule has 5 heteroatoms. The van der Waals surface area contributed by atoms with Crippen molar-refractivity contribution < 1.29 is 4.39 Å². The Bertz CT molecular complexity index is 554. The van der Waals surface area contributed by atoms with Crippen molar-refractivity contribution in [2.45, 2.75) is 20.3 Å². The van der Waals surface area contributed by atoms with E-state index < -0.39 is 0 Å². The Morgan fingerprint density at radius 3 is 2.57 bits per heavy atom. The van der Waals surface area contributed by atoms with Gasteiger partial charge >= 0.3 is 0 Å². The van der Waals surface area contributed by atoms with Gasteiger partial charge in [-0.25, -0.2) is 9.37 Å². The molecule has 0 saturated heterocycles. The summed E-state index contributed by atoms with van der Waals surface area (Å²) in [5.41, 5.74) is 1.09. The van der Waals surface area contributed by atoms with Crippen LogP contribution >= 0.6 is 0 Å². The number of halogens is 1. The average Bonchev–Trinajstić information content (AvgIpc) is 2.48. The zero-order valence-electron chi connectivity index (χ0n) is 12.4. The molecular weight excluding hydrogens is 267 g/mol. The van der Waals surface area contributed by atoms with Crippen LogP contribution in [0.15, 0.2) is 36.5 Å². The van der Waals surface area contributed by atoms with Gasteiger partial charge in [0.1, 0.15) is 11.6 Å². The summed E-state index contributed by atoms with van der Waals surface area (Å²) in [4.78, 5) is 8.58. The van der Waals surface area contributed by atoms with Crippen LogP contribution in [0.3, 0.4) is 0 Å². The van der Waals surface area contributed by atoms with Crippen LogP contribution in [0.1, 0.15) is 19.4 Å². The van der Waals surface area contributed by atoms with E-state index in [1.54, 1.807) is 18.3 Å². The van der Waals surface area contributed by atoms with Crippen molar-refractivity contribution in [3.05, 3.63) is 47.9 Å². The van der Waals surface area contributed by atoms with E-state index in [2.05, 4.69) is 34.4 Å². The highest BCUT2D eigenvalue weighted by Crippen LogP contribution is 2.08. The monoisotopic (exact) mass is 288 g/mol. The predicted octanol–water partition coefficient (Wildman–Crippen LogP) is 3.34. The van der Waals surface area contributed by atoms with Crippen molar-refractivity contribution in [1.82, 2.24) is 9.97 Å². The maximum absolute atomic E-state index is 12.8. The van der Waals surface area contributed by atoms with Crippen LogP contribution in [0, 0.1) is 11.7 Å². The van der Waals surface area contributed by atoms with E-state index in [1.165, 1.54) is 12.1 Å². The number of hydrogen-bond donors (Lipinski definition) is 2. The first-order valence-electron chi connectivity index (χ1n) is 7.18. The SMILES string of the molecule is CC(C)CNc1nccc(NCCc2ccc(F)cc2)n1. The highest BCUT2D eigenvalue weighted by Gasteiger charge is 2.00. The second-order valence-corrected chi connectivity index (χ2v) is 5.34. The molecular formula is C16H21FN4. The highest BCUT2D eigenvalue weighted by molar-refractivity contribution is 5.39. The predicted molar refractivity (Wildman–Crippen MR) is 84.0 cm³/mol. The fourth-order valence-electron chi connectivity index (χ4n) is 1.82. The van der Waals surface area contributed by atoms with Crippen LogP contribution in [0.5, 0.6) is 0 Å². The molecule has 112 valence electrons. The summed E-state index contributed by atoms with van der Waals surface area (Å²) in [5.74, 6) is 1.76. The lowest BCUT2D eigenvalue weighted by Crippen LogP contribution is -2.12. The van der Waals surface area contributed by atoms with Crippen molar-refractivity contribution >= 4 is 11.8 Å². The van der Waals surface area contributed by atoms with E-state index >= 15 is 0 Å². The van der Waals surface area contributed by atoms with Crippen LogP contribution in [0.4, 0.5) is 16.2 Å². The van der Waals surface area contributed by atoms with E-state index in [1.807, 2.05) is 6.07 Å². The van der Waals surface area contributed by atoms with E-state index in [4.69, 9.17) is 0 Å². The maximum Gasteiger partial charge on any atom is 0.224 e.